The molecular weight excluding hydrogens is 150 g/mol. The Morgan fingerprint density at radius 3 is 3.08 bits per heavy atom. The zero-order chi connectivity index (χ0) is 8.55. The fourth-order valence-corrected chi connectivity index (χ4v) is 1.58. The third-order valence-corrected chi connectivity index (χ3v) is 2.26. The van der Waals surface area contributed by atoms with Crippen LogP contribution in [0.1, 0.15) is 12.8 Å². The highest BCUT2D eigenvalue weighted by Gasteiger charge is 2.21. The highest BCUT2D eigenvalue weighted by molar-refractivity contribution is 6.11. The molecule has 0 aromatic heterocycles. The van der Waals surface area contributed by atoms with E-state index in [1.165, 1.54) is 0 Å². The van der Waals surface area contributed by atoms with Gasteiger partial charge in [0.2, 0.25) is 0 Å². The minimum atomic E-state index is 0.111. The maximum absolute atomic E-state index is 11.5. The minimum Gasteiger partial charge on any atom is -0.385 e. The summed E-state index contributed by atoms with van der Waals surface area (Å²) in [7, 11) is 0. The Morgan fingerprint density at radius 1 is 1.42 bits per heavy atom. The van der Waals surface area contributed by atoms with Crippen molar-refractivity contribution in [3.8, 4) is 0 Å². The summed E-state index contributed by atoms with van der Waals surface area (Å²) < 4.78 is 0. The second-order valence-electron chi connectivity index (χ2n) is 3.11. The highest BCUT2D eigenvalue weighted by atomic mass is 16.1. The molecule has 1 heterocycles. The number of carbonyl (C=O) groups is 1. The predicted octanol–water partition coefficient (Wildman–Crippen LogP) is 1.32. The molecule has 1 N–H and O–H groups in total. The van der Waals surface area contributed by atoms with Crippen molar-refractivity contribution in [1.29, 1.82) is 0 Å². The molecule has 0 unspecified atom stereocenters. The molecule has 0 aromatic rings. The zero-order valence-electron chi connectivity index (χ0n) is 6.89. The summed E-state index contributed by atoms with van der Waals surface area (Å²) in [6, 6.07) is 0. The van der Waals surface area contributed by atoms with E-state index in [0.29, 0.717) is 5.57 Å². The van der Waals surface area contributed by atoms with Crippen LogP contribution in [0.15, 0.2) is 35.6 Å². The Balaban J connectivity index is 2.41. The predicted molar refractivity (Wildman–Crippen MR) is 47.5 cm³/mol. The van der Waals surface area contributed by atoms with Crippen molar-refractivity contribution in [1.82, 2.24) is 5.32 Å². The second-order valence-corrected chi connectivity index (χ2v) is 3.11. The number of allylic oxidation sites excluding steroid dienone is 4. The average molecular weight is 161 g/mol. The van der Waals surface area contributed by atoms with Gasteiger partial charge in [-0.05, 0) is 25.0 Å². The second kappa shape index (κ2) is 2.63. The first kappa shape index (κ1) is 7.35. The van der Waals surface area contributed by atoms with Crippen molar-refractivity contribution in [3.63, 3.8) is 0 Å². The molecule has 0 bridgehead atoms. The van der Waals surface area contributed by atoms with Gasteiger partial charge in [-0.1, -0.05) is 6.58 Å². The van der Waals surface area contributed by atoms with E-state index < -0.39 is 0 Å². The topological polar surface area (TPSA) is 29.1 Å². The first-order valence-corrected chi connectivity index (χ1v) is 4.18. The smallest absolute Gasteiger partial charge is 0.190 e. The summed E-state index contributed by atoms with van der Waals surface area (Å²) in [4.78, 5) is 11.5. The molecule has 2 aliphatic rings. The standard InChI is InChI=1S/C10H11NO/c1-7-4-5-9-8(10(7)12)3-2-6-11-9/h4-5,11H,1-3,6H2. The van der Waals surface area contributed by atoms with E-state index >= 15 is 0 Å². The zero-order valence-corrected chi connectivity index (χ0v) is 6.89. The van der Waals surface area contributed by atoms with Crippen molar-refractivity contribution in [2.45, 2.75) is 12.8 Å². The molecule has 2 nitrogen and oxygen atoms in total. The van der Waals surface area contributed by atoms with Crippen molar-refractivity contribution in [2.75, 3.05) is 6.54 Å². The molecule has 0 saturated heterocycles. The van der Waals surface area contributed by atoms with Gasteiger partial charge in [0.1, 0.15) is 0 Å². The first-order valence-electron chi connectivity index (χ1n) is 4.18. The molecule has 0 spiro atoms. The molecule has 1 aliphatic heterocycles. The van der Waals surface area contributed by atoms with Gasteiger partial charge in [-0.25, -0.2) is 0 Å². The lowest BCUT2D eigenvalue weighted by molar-refractivity contribution is -0.112. The highest BCUT2D eigenvalue weighted by Crippen LogP contribution is 2.23. The summed E-state index contributed by atoms with van der Waals surface area (Å²) >= 11 is 0. The van der Waals surface area contributed by atoms with Crippen LogP contribution < -0.4 is 5.32 Å². The summed E-state index contributed by atoms with van der Waals surface area (Å²) in [5.74, 6) is 0.111. The molecule has 0 radical (unpaired) electrons. The SMILES string of the molecule is C=C1C=CC2=C(CCCN2)C1=O. The number of hydrogen-bond donors (Lipinski definition) is 1. The van der Waals surface area contributed by atoms with Gasteiger partial charge in [-0.2, -0.15) is 0 Å². The Morgan fingerprint density at radius 2 is 2.25 bits per heavy atom. The van der Waals surface area contributed by atoms with E-state index in [1.807, 2.05) is 6.08 Å². The molecular formula is C10H11NO. The minimum absolute atomic E-state index is 0.111. The van der Waals surface area contributed by atoms with Crippen molar-refractivity contribution >= 4 is 5.78 Å². The largest absolute Gasteiger partial charge is 0.385 e. The third kappa shape index (κ3) is 0.998. The van der Waals surface area contributed by atoms with Crippen LogP contribution in [-0.2, 0) is 4.79 Å². The third-order valence-electron chi connectivity index (χ3n) is 2.26. The number of carbonyl (C=O) groups excluding carboxylic acids is 1. The van der Waals surface area contributed by atoms with Gasteiger partial charge in [-0.3, -0.25) is 4.79 Å². The summed E-state index contributed by atoms with van der Waals surface area (Å²) in [6.07, 6.45) is 5.66. The lowest BCUT2D eigenvalue weighted by Gasteiger charge is -2.22. The number of ketones is 1. The molecule has 0 amide bonds. The van der Waals surface area contributed by atoms with Crippen molar-refractivity contribution in [3.05, 3.63) is 35.6 Å². The van der Waals surface area contributed by atoms with E-state index in [1.54, 1.807) is 6.08 Å². The van der Waals surface area contributed by atoms with E-state index in [-0.39, 0.29) is 5.78 Å². The Bertz CT molecular complexity index is 310. The number of Topliss-reactive ketones (excluding diaryl/α,β-unsaturated/α-hetero) is 1. The van der Waals surface area contributed by atoms with Gasteiger partial charge >= 0.3 is 0 Å². The van der Waals surface area contributed by atoms with E-state index in [4.69, 9.17) is 0 Å². The van der Waals surface area contributed by atoms with Gasteiger partial charge in [0.05, 0.1) is 0 Å². The molecule has 1 aliphatic carbocycles. The Kier molecular flexibility index (Phi) is 1.61. The monoisotopic (exact) mass is 161 g/mol. The first-order chi connectivity index (χ1) is 5.79. The van der Waals surface area contributed by atoms with Crippen LogP contribution >= 0.6 is 0 Å². The molecule has 0 fully saturated rings. The Labute approximate surface area is 71.7 Å². The van der Waals surface area contributed by atoms with Gasteiger partial charge in [0.15, 0.2) is 5.78 Å². The van der Waals surface area contributed by atoms with Crippen LogP contribution in [0.5, 0.6) is 0 Å². The number of hydrogen-bond acceptors (Lipinski definition) is 2. The number of rotatable bonds is 0. The molecule has 0 atom stereocenters. The number of nitrogens with one attached hydrogen (secondary N) is 1. The maximum atomic E-state index is 11.5. The Hall–Kier alpha value is -1.31. The van der Waals surface area contributed by atoms with Crippen LogP contribution in [0, 0.1) is 0 Å². The summed E-state index contributed by atoms with van der Waals surface area (Å²) in [5, 5.41) is 3.20. The van der Waals surface area contributed by atoms with Gasteiger partial charge in [0.25, 0.3) is 0 Å². The summed E-state index contributed by atoms with van der Waals surface area (Å²) in [5.41, 5.74) is 2.52. The van der Waals surface area contributed by atoms with Crippen molar-refractivity contribution in [2.24, 2.45) is 0 Å². The maximum Gasteiger partial charge on any atom is 0.190 e. The molecule has 12 heavy (non-hydrogen) atoms. The van der Waals surface area contributed by atoms with Crippen LogP contribution in [0.25, 0.3) is 0 Å². The van der Waals surface area contributed by atoms with E-state index in [9.17, 15) is 4.79 Å². The van der Waals surface area contributed by atoms with Crippen LogP contribution in [0.4, 0.5) is 0 Å². The van der Waals surface area contributed by atoms with Crippen LogP contribution in [-0.4, -0.2) is 12.3 Å². The molecule has 0 saturated carbocycles. The van der Waals surface area contributed by atoms with Crippen LogP contribution in [0.2, 0.25) is 0 Å². The molecule has 0 aromatic carbocycles. The lowest BCUT2D eigenvalue weighted by atomic mass is 9.91. The van der Waals surface area contributed by atoms with Crippen molar-refractivity contribution < 1.29 is 4.79 Å². The molecule has 2 rings (SSSR count). The average Bonchev–Trinajstić information content (AvgIpc) is 2.12. The van der Waals surface area contributed by atoms with E-state index in [2.05, 4.69) is 11.9 Å². The summed E-state index contributed by atoms with van der Waals surface area (Å²) in [6.45, 7) is 4.66. The van der Waals surface area contributed by atoms with Crippen LogP contribution in [0.3, 0.4) is 0 Å². The quantitative estimate of drug-likeness (QED) is 0.543. The normalized spacial score (nSPS) is 22.3. The molecule has 2 heteroatoms. The fourth-order valence-electron chi connectivity index (χ4n) is 1.58. The van der Waals surface area contributed by atoms with E-state index in [0.717, 1.165) is 30.7 Å². The lowest BCUT2D eigenvalue weighted by Crippen LogP contribution is -2.26. The molecule has 62 valence electrons. The van der Waals surface area contributed by atoms with Gasteiger partial charge in [-0.15, -0.1) is 0 Å². The van der Waals surface area contributed by atoms with Gasteiger partial charge < -0.3 is 5.32 Å². The fraction of sp³-hybridized carbons (Fsp3) is 0.300. The van der Waals surface area contributed by atoms with Gasteiger partial charge in [0, 0.05) is 23.4 Å².